The number of rotatable bonds is 5. The molecule has 0 amide bonds. The zero-order valence-electron chi connectivity index (χ0n) is 13.1. The molecule has 7 heteroatoms. The van der Waals surface area contributed by atoms with E-state index in [1.54, 1.807) is 19.3 Å². The molecule has 118 valence electrons. The summed E-state index contributed by atoms with van der Waals surface area (Å²) in [6, 6.07) is 5.03. The number of aromatic nitrogens is 3. The standard InChI is InChI=1S/C15H21FN6/c1-4-17-15(19-9-14-21-20-10-22(14)3)18-8-12-5-6-13(16)11(2)7-12/h5-7,10H,4,8-9H2,1-3H3,(H2,17,18,19). The SMILES string of the molecule is CCNC(=NCc1ccc(F)c(C)c1)NCc1nncn1C. The lowest BCUT2D eigenvalue weighted by atomic mass is 10.1. The highest BCUT2D eigenvalue weighted by molar-refractivity contribution is 5.79. The second-order valence-corrected chi connectivity index (χ2v) is 4.99. The average Bonchev–Trinajstić information content (AvgIpc) is 2.91. The molecule has 0 fully saturated rings. The maximum Gasteiger partial charge on any atom is 0.191 e. The molecular weight excluding hydrogens is 283 g/mol. The van der Waals surface area contributed by atoms with E-state index in [1.165, 1.54) is 6.07 Å². The van der Waals surface area contributed by atoms with E-state index in [2.05, 4.69) is 25.8 Å². The smallest absolute Gasteiger partial charge is 0.191 e. The third-order valence-electron chi connectivity index (χ3n) is 3.21. The van der Waals surface area contributed by atoms with Crippen molar-refractivity contribution in [2.24, 2.45) is 12.0 Å². The molecule has 0 unspecified atom stereocenters. The van der Waals surface area contributed by atoms with E-state index >= 15 is 0 Å². The molecule has 0 saturated heterocycles. The Bertz CT molecular complexity index is 649. The summed E-state index contributed by atoms with van der Waals surface area (Å²) < 4.78 is 15.1. The first-order valence-corrected chi connectivity index (χ1v) is 7.20. The van der Waals surface area contributed by atoms with E-state index < -0.39 is 0 Å². The summed E-state index contributed by atoms with van der Waals surface area (Å²) in [6.45, 7) is 5.52. The first-order valence-electron chi connectivity index (χ1n) is 7.20. The second kappa shape index (κ2) is 7.53. The number of guanidine groups is 1. The van der Waals surface area contributed by atoms with Crippen molar-refractivity contribution in [2.75, 3.05) is 6.54 Å². The molecule has 0 spiro atoms. The quantitative estimate of drug-likeness (QED) is 0.649. The molecule has 0 saturated carbocycles. The summed E-state index contributed by atoms with van der Waals surface area (Å²) in [4.78, 5) is 4.50. The van der Waals surface area contributed by atoms with Gasteiger partial charge in [-0.25, -0.2) is 9.38 Å². The number of hydrogen-bond acceptors (Lipinski definition) is 3. The van der Waals surface area contributed by atoms with Crippen molar-refractivity contribution >= 4 is 5.96 Å². The number of hydrogen-bond donors (Lipinski definition) is 2. The van der Waals surface area contributed by atoms with E-state index in [-0.39, 0.29) is 5.82 Å². The third kappa shape index (κ3) is 4.28. The fourth-order valence-corrected chi connectivity index (χ4v) is 1.95. The van der Waals surface area contributed by atoms with Gasteiger partial charge in [0, 0.05) is 13.6 Å². The zero-order valence-corrected chi connectivity index (χ0v) is 13.1. The Morgan fingerprint density at radius 3 is 2.82 bits per heavy atom. The van der Waals surface area contributed by atoms with Crippen molar-refractivity contribution in [3.05, 3.63) is 47.3 Å². The van der Waals surface area contributed by atoms with Crippen molar-refractivity contribution < 1.29 is 4.39 Å². The van der Waals surface area contributed by atoms with Gasteiger partial charge in [0.15, 0.2) is 11.8 Å². The predicted molar refractivity (Wildman–Crippen MR) is 83.8 cm³/mol. The van der Waals surface area contributed by atoms with Crippen LogP contribution < -0.4 is 10.6 Å². The van der Waals surface area contributed by atoms with Gasteiger partial charge < -0.3 is 15.2 Å². The second-order valence-electron chi connectivity index (χ2n) is 4.99. The molecular formula is C15H21FN6. The molecule has 2 rings (SSSR count). The van der Waals surface area contributed by atoms with Crippen LogP contribution in [0.15, 0.2) is 29.5 Å². The minimum Gasteiger partial charge on any atom is -0.357 e. The summed E-state index contributed by atoms with van der Waals surface area (Å²) in [5.74, 6) is 1.32. The molecule has 0 radical (unpaired) electrons. The molecule has 0 bridgehead atoms. The van der Waals surface area contributed by atoms with Gasteiger partial charge in [-0.2, -0.15) is 0 Å². The van der Waals surface area contributed by atoms with Crippen molar-refractivity contribution in [3.63, 3.8) is 0 Å². The number of halogens is 1. The third-order valence-corrected chi connectivity index (χ3v) is 3.21. The Morgan fingerprint density at radius 2 is 2.18 bits per heavy atom. The summed E-state index contributed by atoms with van der Waals surface area (Å²) >= 11 is 0. The normalized spacial score (nSPS) is 11.5. The lowest BCUT2D eigenvalue weighted by Crippen LogP contribution is -2.37. The van der Waals surface area contributed by atoms with Gasteiger partial charge in [-0.05, 0) is 31.0 Å². The van der Waals surface area contributed by atoms with Crippen LogP contribution in [0.2, 0.25) is 0 Å². The molecule has 22 heavy (non-hydrogen) atoms. The van der Waals surface area contributed by atoms with Crippen molar-refractivity contribution in [1.29, 1.82) is 0 Å². The lowest BCUT2D eigenvalue weighted by Gasteiger charge is -2.11. The van der Waals surface area contributed by atoms with Gasteiger partial charge >= 0.3 is 0 Å². The highest BCUT2D eigenvalue weighted by atomic mass is 19.1. The summed E-state index contributed by atoms with van der Waals surface area (Å²) in [7, 11) is 1.89. The van der Waals surface area contributed by atoms with Gasteiger partial charge in [0.1, 0.15) is 12.1 Å². The van der Waals surface area contributed by atoms with Gasteiger partial charge in [0.25, 0.3) is 0 Å². The number of nitrogens with one attached hydrogen (secondary N) is 2. The molecule has 0 aliphatic heterocycles. The van der Waals surface area contributed by atoms with Crippen LogP contribution in [0, 0.1) is 12.7 Å². The molecule has 0 aliphatic carbocycles. The van der Waals surface area contributed by atoms with Crippen LogP contribution >= 0.6 is 0 Å². The fraction of sp³-hybridized carbons (Fsp3) is 0.400. The monoisotopic (exact) mass is 304 g/mol. The summed E-state index contributed by atoms with van der Waals surface area (Å²) in [5, 5.41) is 14.2. The van der Waals surface area contributed by atoms with Crippen LogP contribution in [0.5, 0.6) is 0 Å². The van der Waals surface area contributed by atoms with Crippen LogP contribution in [0.25, 0.3) is 0 Å². The summed E-state index contributed by atoms with van der Waals surface area (Å²) in [5.41, 5.74) is 1.60. The fourth-order valence-electron chi connectivity index (χ4n) is 1.95. The number of aryl methyl sites for hydroxylation is 2. The molecule has 6 nitrogen and oxygen atoms in total. The predicted octanol–water partition coefficient (Wildman–Crippen LogP) is 1.52. The van der Waals surface area contributed by atoms with Gasteiger partial charge in [0.2, 0.25) is 0 Å². The Balaban J connectivity index is 2.00. The minimum atomic E-state index is -0.194. The highest BCUT2D eigenvalue weighted by Gasteiger charge is 2.03. The van der Waals surface area contributed by atoms with Crippen LogP contribution in [-0.4, -0.2) is 27.3 Å². The van der Waals surface area contributed by atoms with Crippen molar-refractivity contribution in [2.45, 2.75) is 26.9 Å². The molecule has 1 aromatic carbocycles. The molecule has 2 aromatic rings. The van der Waals surface area contributed by atoms with Gasteiger partial charge in [-0.1, -0.05) is 12.1 Å². The first-order chi connectivity index (χ1) is 10.6. The van der Waals surface area contributed by atoms with E-state index in [1.807, 2.05) is 24.6 Å². The number of nitrogens with zero attached hydrogens (tertiary/aromatic N) is 4. The van der Waals surface area contributed by atoms with E-state index in [4.69, 9.17) is 0 Å². The molecule has 0 aliphatic rings. The maximum atomic E-state index is 13.3. The van der Waals surface area contributed by atoms with Gasteiger partial charge in [-0.3, -0.25) is 0 Å². The van der Waals surface area contributed by atoms with Gasteiger partial charge in [-0.15, -0.1) is 10.2 Å². The molecule has 0 atom stereocenters. The Hall–Kier alpha value is -2.44. The van der Waals surface area contributed by atoms with Gasteiger partial charge in [0.05, 0.1) is 13.1 Å². The van der Waals surface area contributed by atoms with Crippen LogP contribution in [0.4, 0.5) is 4.39 Å². The maximum absolute atomic E-state index is 13.3. The zero-order chi connectivity index (χ0) is 15.9. The van der Waals surface area contributed by atoms with E-state index in [9.17, 15) is 4.39 Å². The number of benzene rings is 1. The van der Waals surface area contributed by atoms with E-state index in [0.29, 0.717) is 24.6 Å². The van der Waals surface area contributed by atoms with E-state index in [0.717, 1.165) is 17.9 Å². The average molecular weight is 304 g/mol. The largest absolute Gasteiger partial charge is 0.357 e. The Morgan fingerprint density at radius 1 is 1.36 bits per heavy atom. The van der Waals surface area contributed by atoms with Crippen molar-refractivity contribution in [1.82, 2.24) is 25.4 Å². The highest BCUT2D eigenvalue weighted by Crippen LogP contribution is 2.10. The molecule has 1 heterocycles. The molecule has 2 N–H and O–H groups in total. The van der Waals surface area contributed by atoms with Crippen LogP contribution in [0.3, 0.4) is 0 Å². The topological polar surface area (TPSA) is 67.1 Å². The Labute approximate surface area is 129 Å². The Kier molecular flexibility index (Phi) is 5.46. The van der Waals surface area contributed by atoms with Crippen LogP contribution in [0.1, 0.15) is 23.9 Å². The van der Waals surface area contributed by atoms with Crippen LogP contribution in [-0.2, 0) is 20.1 Å². The number of aliphatic imine (C=N–C) groups is 1. The first kappa shape index (κ1) is 15.9. The minimum absolute atomic E-state index is 0.194. The summed E-state index contributed by atoms with van der Waals surface area (Å²) in [6.07, 6.45) is 1.66. The lowest BCUT2D eigenvalue weighted by molar-refractivity contribution is 0.617. The van der Waals surface area contributed by atoms with Crippen molar-refractivity contribution in [3.8, 4) is 0 Å². The molecule has 1 aromatic heterocycles.